The summed E-state index contributed by atoms with van der Waals surface area (Å²) < 4.78 is 42.9. The largest absolute Gasteiger partial charge is 0.492 e. The summed E-state index contributed by atoms with van der Waals surface area (Å²) in [5.41, 5.74) is -0.169. The van der Waals surface area contributed by atoms with Crippen molar-refractivity contribution in [3.05, 3.63) is 28.0 Å². The first-order valence-corrected chi connectivity index (χ1v) is 4.67. The molecule has 1 rings (SSSR count). The predicted molar refractivity (Wildman–Crippen MR) is 55.9 cm³/mol. The summed E-state index contributed by atoms with van der Waals surface area (Å²) in [5, 5.41) is 7.17. The van der Waals surface area contributed by atoms with Crippen LogP contribution < -0.4 is 4.74 Å². The molecule has 1 aromatic rings. The van der Waals surface area contributed by atoms with Crippen LogP contribution in [0.2, 0.25) is 5.02 Å². The van der Waals surface area contributed by atoms with E-state index in [1.165, 1.54) is 6.92 Å². The number of hydrogen-bond donors (Lipinski definition) is 1. The van der Waals surface area contributed by atoms with Crippen LogP contribution in [0.4, 0.5) is 13.2 Å². The first kappa shape index (κ1) is 15.6. The second-order valence-corrected chi connectivity index (χ2v) is 3.31. The SMILES string of the molecule is CC(=O)O.COc1c(F)c(F)c(F)c(C)c1Cl. The number of methoxy groups -OCH3 is 1. The Hall–Kier alpha value is -1.43. The molecule has 0 spiro atoms. The van der Waals surface area contributed by atoms with E-state index in [0.29, 0.717) is 0 Å². The van der Waals surface area contributed by atoms with Crippen molar-refractivity contribution in [3.8, 4) is 5.75 Å². The van der Waals surface area contributed by atoms with Crippen molar-refractivity contribution in [2.24, 2.45) is 0 Å². The fourth-order valence-electron chi connectivity index (χ4n) is 0.903. The number of halogens is 4. The van der Waals surface area contributed by atoms with Crippen molar-refractivity contribution in [2.75, 3.05) is 7.11 Å². The van der Waals surface area contributed by atoms with Gasteiger partial charge in [0, 0.05) is 12.5 Å². The number of carboxylic acid groups (broad SMARTS) is 1. The molecule has 7 heteroatoms. The molecule has 1 N–H and O–H groups in total. The Bertz CT molecular complexity index is 402. The highest BCUT2D eigenvalue weighted by Crippen LogP contribution is 2.34. The van der Waals surface area contributed by atoms with Crippen LogP contribution in [0.15, 0.2) is 0 Å². The molecule has 0 unspecified atom stereocenters. The number of carboxylic acids is 1. The number of rotatable bonds is 1. The van der Waals surface area contributed by atoms with Crippen LogP contribution in [0, 0.1) is 24.4 Å². The monoisotopic (exact) mass is 270 g/mol. The number of aliphatic carboxylic acids is 1. The molecule has 3 nitrogen and oxygen atoms in total. The molecule has 0 saturated heterocycles. The molecule has 17 heavy (non-hydrogen) atoms. The van der Waals surface area contributed by atoms with E-state index >= 15 is 0 Å². The van der Waals surface area contributed by atoms with Crippen molar-refractivity contribution < 1.29 is 27.8 Å². The molecule has 0 fully saturated rings. The molecule has 0 bridgehead atoms. The van der Waals surface area contributed by atoms with Crippen LogP contribution in [0.1, 0.15) is 12.5 Å². The summed E-state index contributed by atoms with van der Waals surface area (Å²) >= 11 is 5.50. The van der Waals surface area contributed by atoms with E-state index in [4.69, 9.17) is 21.5 Å². The van der Waals surface area contributed by atoms with Crippen molar-refractivity contribution >= 4 is 17.6 Å². The minimum atomic E-state index is -1.57. The van der Waals surface area contributed by atoms with E-state index in [1.54, 1.807) is 0 Å². The average Bonchev–Trinajstić information content (AvgIpc) is 2.24. The van der Waals surface area contributed by atoms with E-state index < -0.39 is 29.2 Å². The minimum absolute atomic E-state index is 0.169. The van der Waals surface area contributed by atoms with Crippen LogP contribution >= 0.6 is 11.6 Å². The van der Waals surface area contributed by atoms with Gasteiger partial charge in [-0.3, -0.25) is 4.79 Å². The van der Waals surface area contributed by atoms with Gasteiger partial charge in [0.15, 0.2) is 17.4 Å². The van der Waals surface area contributed by atoms with Gasteiger partial charge in [-0.15, -0.1) is 0 Å². The Morgan fingerprint density at radius 1 is 1.24 bits per heavy atom. The third kappa shape index (κ3) is 3.81. The molecule has 0 aliphatic heterocycles. The predicted octanol–water partition coefficient (Wildman–Crippen LogP) is 3.17. The lowest BCUT2D eigenvalue weighted by atomic mass is 10.2. The van der Waals surface area contributed by atoms with Crippen LogP contribution in [0.3, 0.4) is 0 Å². The quantitative estimate of drug-likeness (QED) is 0.630. The van der Waals surface area contributed by atoms with Gasteiger partial charge in [0.05, 0.1) is 12.1 Å². The molecule has 0 aliphatic rings. The molecule has 0 amide bonds. The summed E-state index contributed by atoms with van der Waals surface area (Å²) in [6.45, 7) is 2.32. The molecule has 0 atom stereocenters. The van der Waals surface area contributed by atoms with Crippen molar-refractivity contribution in [1.29, 1.82) is 0 Å². The number of ether oxygens (including phenoxy) is 1. The molecule has 1 aromatic carbocycles. The lowest BCUT2D eigenvalue weighted by Crippen LogP contribution is -2.00. The Morgan fingerprint density at radius 3 is 2.00 bits per heavy atom. The second kappa shape index (κ2) is 6.34. The highest BCUT2D eigenvalue weighted by Gasteiger charge is 2.21. The van der Waals surface area contributed by atoms with Crippen LogP contribution in [-0.2, 0) is 4.79 Å². The molecule has 0 saturated carbocycles. The van der Waals surface area contributed by atoms with Gasteiger partial charge >= 0.3 is 0 Å². The molecule has 0 aliphatic carbocycles. The normalized spacial score (nSPS) is 9.35. The maximum absolute atomic E-state index is 12.9. The van der Waals surface area contributed by atoms with Gasteiger partial charge in [-0.25, -0.2) is 8.78 Å². The average molecular weight is 271 g/mol. The second-order valence-electron chi connectivity index (χ2n) is 2.93. The Balaban J connectivity index is 0.000000557. The molecule has 0 heterocycles. The van der Waals surface area contributed by atoms with Crippen molar-refractivity contribution in [1.82, 2.24) is 0 Å². The lowest BCUT2D eigenvalue weighted by Gasteiger charge is -2.08. The van der Waals surface area contributed by atoms with Crippen LogP contribution in [-0.4, -0.2) is 18.2 Å². The van der Waals surface area contributed by atoms with E-state index in [-0.39, 0.29) is 10.6 Å². The maximum atomic E-state index is 12.9. The third-order valence-electron chi connectivity index (χ3n) is 1.65. The Kier molecular flexibility index (Phi) is 5.81. The Morgan fingerprint density at radius 2 is 1.65 bits per heavy atom. The molecular weight excluding hydrogens is 261 g/mol. The molecule has 0 radical (unpaired) electrons. The van der Waals surface area contributed by atoms with E-state index in [2.05, 4.69) is 4.74 Å². The van der Waals surface area contributed by atoms with Gasteiger partial charge in [0.1, 0.15) is 0 Å². The zero-order valence-corrected chi connectivity index (χ0v) is 10.0. The molecular formula is C10H10ClF3O3. The summed E-state index contributed by atoms with van der Waals surface area (Å²) in [7, 11) is 1.13. The molecule has 96 valence electrons. The van der Waals surface area contributed by atoms with Gasteiger partial charge in [-0.2, -0.15) is 4.39 Å². The Labute approximate surface area is 101 Å². The highest BCUT2D eigenvalue weighted by molar-refractivity contribution is 6.32. The first-order chi connectivity index (χ1) is 7.73. The summed E-state index contributed by atoms with van der Waals surface area (Å²) in [4.78, 5) is 9.00. The topological polar surface area (TPSA) is 46.5 Å². The summed E-state index contributed by atoms with van der Waals surface area (Å²) in [5.74, 6) is -5.57. The lowest BCUT2D eigenvalue weighted by molar-refractivity contribution is -0.134. The number of carbonyl (C=O) groups is 1. The van der Waals surface area contributed by atoms with Crippen LogP contribution in [0.5, 0.6) is 5.75 Å². The van der Waals surface area contributed by atoms with Gasteiger partial charge in [-0.1, -0.05) is 11.6 Å². The van der Waals surface area contributed by atoms with E-state index in [0.717, 1.165) is 14.0 Å². The van der Waals surface area contributed by atoms with Gasteiger partial charge in [0.25, 0.3) is 5.97 Å². The third-order valence-corrected chi connectivity index (χ3v) is 2.10. The van der Waals surface area contributed by atoms with Crippen molar-refractivity contribution in [2.45, 2.75) is 13.8 Å². The van der Waals surface area contributed by atoms with E-state index in [1.807, 2.05) is 0 Å². The van der Waals surface area contributed by atoms with Gasteiger partial charge in [-0.05, 0) is 6.92 Å². The van der Waals surface area contributed by atoms with Gasteiger partial charge < -0.3 is 9.84 Å². The zero-order valence-electron chi connectivity index (χ0n) is 9.28. The summed E-state index contributed by atoms with van der Waals surface area (Å²) in [6.07, 6.45) is 0. The fraction of sp³-hybridized carbons (Fsp3) is 0.300. The summed E-state index contributed by atoms with van der Waals surface area (Å²) in [6, 6.07) is 0. The standard InChI is InChI=1S/C8H6ClF3O.C2H4O2/c1-3-4(9)8(13-2)7(12)6(11)5(3)10;1-2(3)4/h1-2H3;1H3,(H,3,4). The number of hydrogen-bond acceptors (Lipinski definition) is 2. The minimum Gasteiger partial charge on any atom is -0.492 e. The number of benzene rings is 1. The molecule has 0 aromatic heterocycles. The van der Waals surface area contributed by atoms with E-state index in [9.17, 15) is 13.2 Å². The van der Waals surface area contributed by atoms with Crippen molar-refractivity contribution in [3.63, 3.8) is 0 Å². The highest BCUT2D eigenvalue weighted by atomic mass is 35.5. The fourth-order valence-corrected chi connectivity index (χ4v) is 1.15. The smallest absolute Gasteiger partial charge is 0.300 e. The maximum Gasteiger partial charge on any atom is 0.300 e. The zero-order chi connectivity index (χ0) is 13.7. The van der Waals surface area contributed by atoms with Gasteiger partial charge in [0.2, 0.25) is 5.82 Å². The first-order valence-electron chi connectivity index (χ1n) is 4.30. The van der Waals surface area contributed by atoms with Crippen LogP contribution in [0.25, 0.3) is 0 Å².